The van der Waals surface area contributed by atoms with Crippen LogP contribution in [-0.4, -0.2) is 35.3 Å². The number of carbonyl (C=O) groups is 2. The molecule has 0 atom stereocenters. The number of nitrogens with one attached hydrogen (secondary N) is 1. The van der Waals surface area contributed by atoms with Crippen molar-refractivity contribution < 1.29 is 22.8 Å². The molecule has 0 saturated carbocycles. The summed E-state index contributed by atoms with van der Waals surface area (Å²) in [7, 11) is 0. The van der Waals surface area contributed by atoms with E-state index in [4.69, 9.17) is 0 Å². The van der Waals surface area contributed by atoms with Gasteiger partial charge in [-0.3, -0.25) is 4.79 Å². The van der Waals surface area contributed by atoms with Gasteiger partial charge in [0.15, 0.2) is 5.78 Å². The number of anilines is 1. The zero-order valence-electron chi connectivity index (χ0n) is 14.9. The SMILES string of the molecule is O=C(c1ccccc1)C1CCN(C(=O)Nc2ccc(SC(F)(F)F)cc2)CC1. The first kappa shape index (κ1) is 20.3. The van der Waals surface area contributed by atoms with Gasteiger partial charge in [0, 0.05) is 35.2 Å². The van der Waals surface area contributed by atoms with Gasteiger partial charge in [-0.05, 0) is 48.9 Å². The summed E-state index contributed by atoms with van der Waals surface area (Å²) in [5.74, 6) is -0.0106. The van der Waals surface area contributed by atoms with E-state index in [0.29, 0.717) is 37.2 Å². The van der Waals surface area contributed by atoms with E-state index in [9.17, 15) is 22.8 Å². The second-order valence-electron chi connectivity index (χ2n) is 6.49. The number of nitrogens with zero attached hydrogens (tertiary/aromatic N) is 1. The van der Waals surface area contributed by atoms with Gasteiger partial charge >= 0.3 is 11.5 Å². The number of amides is 2. The average molecular weight is 408 g/mol. The highest BCUT2D eigenvalue weighted by atomic mass is 32.2. The van der Waals surface area contributed by atoms with Crippen LogP contribution in [0.5, 0.6) is 0 Å². The zero-order valence-corrected chi connectivity index (χ0v) is 15.7. The molecule has 0 bridgehead atoms. The number of halogens is 3. The summed E-state index contributed by atoms with van der Waals surface area (Å²) in [6.07, 6.45) is 1.17. The number of urea groups is 1. The minimum absolute atomic E-state index is 0.0609. The summed E-state index contributed by atoms with van der Waals surface area (Å²) in [5, 5.41) is 2.69. The molecule has 1 aliphatic heterocycles. The van der Waals surface area contributed by atoms with E-state index in [1.807, 2.05) is 18.2 Å². The van der Waals surface area contributed by atoms with Crippen molar-refractivity contribution >= 4 is 29.3 Å². The molecule has 1 aliphatic rings. The summed E-state index contributed by atoms with van der Waals surface area (Å²) >= 11 is -0.198. The van der Waals surface area contributed by atoms with Crippen molar-refractivity contribution in [2.75, 3.05) is 18.4 Å². The molecule has 0 aromatic heterocycles. The van der Waals surface area contributed by atoms with Crippen LogP contribution >= 0.6 is 11.8 Å². The molecule has 148 valence electrons. The van der Waals surface area contributed by atoms with Crippen LogP contribution in [0.3, 0.4) is 0 Å². The van der Waals surface area contributed by atoms with Gasteiger partial charge in [-0.15, -0.1) is 0 Å². The summed E-state index contributed by atoms with van der Waals surface area (Å²) in [5.41, 5.74) is -3.23. The maximum Gasteiger partial charge on any atom is 0.446 e. The van der Waals surface area contributed by atoms with Crippen molar-refractivity contribution in [3.05, 3.63) is 60.2 Å². The molecule has 0 radical (unpaired) electrons. The summed E-state index contributed by atoms with van der Waals surface area (Å²) < 4.78 is 37.1. The number of carbonyl (C=O) groups excluding carboxylic acids is 2. The first-order chi connectivity index (χ1) is 13.3. The molecule has 4 nitrogen and oxygen atoms in total. The largest absolute Gasteiger partial charge is 0.446 e. The Bertz CT molecular complexity index is 818. The van der Waals surface area contributed by atoms with E-state index < -0.39 is 5.51 Å². The molecule has 1 N–H and O–H groups in total. The minimum atomic E-state index is -4.34. The van der Waals surface area contributed by atoms with Crippen molar-refractivity contribution in [3.63, 3.8) is 0 Å². The van der Waals surface area contributed by atoms with Crippen LogP contribution in [-0.2, 0) is 0 Å². The normalized spacial score (nSPS) is 15.3. The van der Waals surface area contributed by atoms with Gasteiger partial charge in [0.1, 0.15) is 0 Å². The van der Waals surface area contributed by atoms with Crippen molar-refractivity contribution in [1.29, 1.82) is 0 Å². The maximum atomic E-state index is 12.5. The van der Waals surface area contributed by atoms with E-state index in [0.717, 1.165) is 0 Å². The van der Waals surface area contributed by atoms with Crippen LogP contribution in [0.1, 0.15) is 23.2 Å². The first-order valence-corrected chi connectivity index (χ1v) is 9.64. The van der Waals surface area contributed by atoms with E-state index in [1.165, 1.54) is 24.3 Å². The molecule has 0 aliphatic carbocycles. The van der Waals surface area contributed by atoms with Gasteiger partial charge < -0.3 is 10.2 Å². The van der Waals surface area contributed by atoms with Crippen LogP contribution in [0.25, 0.3) is 0 Å². The predicted molar refractivity (Wildman–Crippen MR) is 102 cm³/mol. The first-order valence-electron chi connectivity index (χ1n) is 8.83. The molecule has 0 unspecified atom stereocenters. The van der Waals surface area contributed by atoms with Crippen molar-refractivity contribution in [1.82, 2.24) is 4.90 Å². The van der Waals surface area contributed by atoms with E-state index >= 15 is 0 Å². The second-order valence-corrected chi connectivity index (χ2v) is 7.63. The quantitative estimate of drug-likeness (QED) is 0.542. The van der Waals surface area contributed by atoms with Crippen molar-refractivity contribution in [3.8, 4) is 0 Å². The Kier molecular flexibility index (Phi) is 6.28. The van der Waals surface area contributed by atoms with Crippen LogP contribution in [0.2, 0.25) is 0 Å². The van der Waals surface area contributed by atoms with Gasteiger partial charge in [-0.1, -0.05) is 30.3 Å². The van der Waals surface area contributed by atoms with E-state index in [2.05, 4.69) is 5.32 Å². The number of piperidine rings is 1. The molecule has 3 rings (SSSR count). The number of hydrogen-bond acceptors (Lipinski definition) is 3. The lowest BCUT2D eigenvalue weighted by atomic mass is 9.89. The van der Waals surface area contributed by atoms with Gasteiger partial charge in [0.05, 0.1) is 0 Å². The Labute approximate surface area is 165 Å². The number of thioether (sulfide) groups is 1. The Morgan fingerprint density at radius 3 is 2.14 bits per heavy atom. The van der Waals surface area contributed by atoms with E-state index in [1.54, 1.807) is 17.0 Å². The average Bonchev–Trinajstić information content (AvgIpc) is 2.68. The number of Topliss-reactive ketones (excluding diaryl/α,β-unsaturated/α-hetero) is 1. The highest BCUT2D eigenvalue weighted by Crippen LogP contribution is 2.37. The predicted octanol–water partition coefficient (Wildman–Crippen LogP) is 5.43. The molecule has 28 heavy (non-hydrogen) atoms. The third-order valence-corrected chi connectivity index (χ3v) is 5.29. The summed E-state index contributed by atoms with van der Waals surface area (Å²) in [4.78, 5) is 26.5. The van der Waals surface area contributed by atoms with Crippen LogP contribution in [0.15, 0.2) is 59.5 Å². The lowest BCUT2D eigenvalue weighted by Gasteiger charge is -2.31. The third kappa shape index (κ3) is 5.51. The Hall–Kier alpha value is -2.48. The minimum Gasteiger partial charge on any atom is -0.324 e. The standard InChI is InChI=1S/C20H19F3N2O2S/c21-20(22,23)28-17-8-6-16(7-9-17)24-19(27)25-12-10-15(11-13-25)18(26)14-4-2-1-3-5-14/h1-9,15H,10-13H2,(H,24,27). The van der Waals surface area contributed by atoms with Gasteiger partial charge in [-0.25, -0.2) is 4.79 Å². The molecule has 2 aromatic rings. The number of likely N-dealkylation sites (tertiary alicyclic amines) is 1. The Balaban J connectivity index is 1.51. The zero-order chi connectivity index (χ0) is 20.1. The molecule has 1 heterocycles. The lowest BCUT2D eigenvalue weighted by Crippen LogP contribution is -2.42. The number of rotatable bonds is 4. The number of alkyl halides is 3. The molecular weight excluding hydrogens is 389 g/mol. The van der Waals surface area contributed by atoms with Gasteiger partial charge in [0.2, 0.25) is 0 Å². The third-order valence-electron chi connectivity index (χ3n) is 4.55. The number of benzene rings is 2. The lowest BCUT2D eigenvalue weighted by molar-refractivity contribution is -0.0328. The number of hydrogen-bond donors (Lipinski definition) is 1. The van der Waals surface area contributed by atoms with Gasteiger partial charge in [0.25, 0.3) is 0 Å². The Morgan fingerprint density at radius 1 is 0.964 bits per heavy atom. The Morgan fingerprint density at radius 2 is 1.57 bits per heavy atom. The summed E-state index contributed by atoms with van der Waals surface area (Å²) in [6.45, 7) is 0.911. The molecule has 1 fully saturated rings. The van der Waals surface area contributed by atoms with E-state index in [-0.39, 0.29) is 34.4 Å². The van der Waals surface area contributed by atoms with Crippen LogP contribution in [0.4, 0.5) is 23.7 Å². The maximum absolute atomic E-state index is 12.5. The summed E-state index contributed by atoms with van der Waals surface area (Å²) in [6, 6.07) is 14.3. The van der Waals surface area contributed by atoms with Gasteiger partial charge in [-0.2, -0.15) is 13.2 Å². The molecule has 0 spiro atoms. The monoisotopic (exact) mass is 408 g/mol. The fraction of sp³-hybridized carbons (Fsp3) is 0.300. The molecule has 2 aromatic carbocycles. The van der Waals surface area contributed by atoms with Crippen LogP contribution < -0.4 is 5.32 Å². The fourth-order valence-corrected chi connectivity index (χ4v) is 3.66. The molecule has 1 saturated heterocycles. The highest BCUT2D eigenvalue weighted by Gasteiger charge is 2.29. The van der Waals surface area contributed by atoms with Crippen molar-refractivity contribution in [2.24, 2.45) is 5.92 Å². The molecule has 2 amide bonds. The number of ketones is 1. The topological polar surface area (TPSA) is 49.4 Å². The second kappa shape index (κ2) is 8.68. The van der Waals surface area contributed by atoms with Crippen molar-refractivity contribution in [2.45, 2.75) is 23.2 Å². The molecule has 8 heteroatoms. The fourth-order valence-electron chi connectivity index (χ4n) is 3.13. The molecular formula is C20H19F3N2O2S. The highest BCUT2D eigenvalue weighted by molar-refractivity contribution is 8.00. The van der Waals surface area contributed by atoms with Crippen LogP contribution in [0, 0.1) is 5.92 Å². The smallest absolute Gasteiger partial charge is 0.324 e.